The lowest BCUT2D eigenvalue weighted by atomic mass is 10.1. The van der Waals surface area contributed by atoms with E-state index in [-0.39, 0.29) is 17.6 Å². The molecule has 3 heterocycles. The fourth-order valence-corrected chi connectivity index (χ4v) is 4.07. The first kappa shape index (κ1) is 19.9. The Morgan fingerprint density at radius 2 is 2.00 bits per heavy atom. The molecular weight excluding hydrogens is 402 g/mol. The molecule has 3 aromatic rings. The summed E-state index contributed by atoms with van der Waals surface area (Å²) >= 11 is 1.25. The molecule has 1 unspecified atom stereocenters. The Morgan fingerprint density at radius 1 is 1.13 bits per heavy atom. The monoisotopic (exact) mass is 423 g/mol. The smallest absolute Gasteiger partial charge is 0.325 e. The highest BCUT2D eigenvalue weighted by Gasteiger charge is 2.24. The Hall–Kier alpha value is -3.37. The molecule has 0 bridgehead atoms. The van der Waals surface area contributed by atoms with Crippen LogP contribution in [0, 0.1) is 0 Å². The number of anilines is 2. The van der Waals surface area contributed by atoms with Gasteiger partial charge in [-0.15, -0.1) is 0 Å². The second-order valence-electron chi connectivity index (χ2n) is 6.75. The van der Waals surface area contributed by atoms with Crippen LogP contribution in [0.1, 0.15) is 23.3 Å². The summed E-state index contributed by atoms with van der Waals surface area (Å²) in [6.07, 6.45) is 4.78. The number of carbonyl (C=O) groups is 2. The molecule has 0 saturated carbocycles. The molecule has 1 aromatic carbocycles. The van der Waals surface area contributed by atoms with Crippen LogP contribution in [0.4, 0.5) is 15.6 Å². The average Bonchev–Trinajstić information content (AvgIpc) is 3.19. The first-order valence-corrected chi connectivity index (χ1v) is 10.4. The minimum atomic E-state index is -0.509. The van der Waals surface area contributed by atoms with E-state index in [1.54, 1.807) is 6.07 Å². The molecule has 4 N–H and O–H groups in total. The summed E-state index contributed by atoms with van der Waals surface area (Å²) in [7, 11) is 0. The van der Waals surface area contributed by atoms with Gasteiger partial charge in [-0.3, -0.25) is 15.4 Å². The molecule has 4 rings (SSSR count). The van der Waals surface area contributed by atoms with E-state index >= 15 is 0 Å². The van der Waals surface area contributed by atoms with E-state index in [1.807, 2.05) is 30.3 Å². The number of rotatable bonds is 5. The maximum atomic E-state index is 12.9. The van der Waals surface area contributed by atoms with Crippen molar-refractivity contribution in [2.24, 2.45) is 0 Å². The lowest BCUT2D eigenvalue weighted by molar-refractivity contribution is 0.0927. The molecule has 10 heteroatoms. The number of aromatic nitrogens is 3. The summed E-state index contributed by atoms with van der Waals surface area (Å²) in [5, 5.41) is 12.7. The minimum absolute atomic E-state index is 0.0378. The van der Waals surface area contributed by atoms with Crippen molar-refractivity contribution in [1.29, 1.82) is 0 Å². The number of benzene rings is 1. The van der Waals surface area contributed by atoms with Crippen LogP contribution in [0.3, 0.4) is 0 Å². The second-order valence-corrected chi connectivity index (χ2v) is 7.75. The van der Waals surface area contributed by atoms with E-state index in [4.69, 9.17) is 0 Å². The van der Waals surface area contributed by atoms with Crippen molar-refractivity contribution in [1.82, 2.24) is 25.6 Å². The molecule has 0 spiro atoms. The Balaban J connectivity index is 1.56. The lowest BCUT2D eigenvalue weighted by Gasteiger charge is -2.23. The topological polar surface area (TPSA) is 121 Å². The molecule has 1 fully saturated rings. The molecule has 9 nitrogen and oxygen atoms in total. The normalized spacial score (nSPS) is 15.9. The van der Waals surface area contributed by atoms with Gasteiger partial charge in [0.1, 0.15) is 22.2 Å². The van der Waals surface area contributed by atoms with Crippen molar-refractivity contribution in [2.75, 3.05) is 23.7 Å². The summed E-state index contributed by atoms with van der Waals surface area (Å²) in [5.74, 6) is 0.0500. The molecule has 1 saturated heterocycles. The van der Waals surface area contributed by atoms with Gasteiger partial charge in [-0.1, -0.05) is 41.7 Å². The third kappa shape index (κ3) is 4.97. The minimum Gasteiger partial charge on any atom is -0.347 e. The largest absolute Gasteiger partial charge is 0.347 e. The number of carbonyl (C=O) groups excluding carboxylic acids is 2. The summed E-state index contributed by atoms with van der Waals surface area (Å²) in [6, 6.07) is 10.6. The zero-order valence-corrected chi connectivity index (χ0v) is 16.9. The van der Waals surface area contributed by atoms with Crippen LogP contribution in [-0.2, 0) is 0 Å². The number of urea groups is 1. The quantitative estimate of drug-likeness (QED) is 0.501. The Morgan fingerprint density at radius 3 is 2.73 bits per heavy atom. The number of hydrogen-bond donors (Lipinski definition) is 4. The Bertz CT molecular complexity index is 1000. The molecule has 3 amide bonds. The van der Waals surface area contributed by atoms with Gasteiger partial charge in [0.15, 0.2) is 5.69 Å². The number of piperidine rings is 1. The predicted molar refractivity (Wildman–Crippen MR) is 116 cm³/mol. The molecule has 1 aliphatic rings. The van der Waals surface area contributed by atoms with Crippen molar-refractivity contribution < 1.29 is 9.59 Å². The van der Waals surface area contributed by atoms with E-state index in [1.165, 1.54) is 23.9 Å². The van der Waals surface area contributed by atoms with Crippen molar-refractivity contribution in [2.45, 2.75) is 18.9 Å². The summed E-state index contributed by atoms with van der Waals surface area (Å²) in [5.41, 5.74) is 1.07. The maximum absolute atomic E-state index is 12.9. The van der Waals surface area contributed by atoms with Crippen molar-refractivity contribution in [3.05, 3.63) is 54.6 Å². The van der Waals surface area contributed by atoms with Crippen LogP contribution >= 0.6 is 11.3 Å². The van der Waals surface area contributed by atoms with E-state index in [9.17, 15) is 9.59 Å². The zero-order valence-electron chi connectivity index (χ0n) is 16.1. The van der Waals surface area contributed by atoms with Gasteiger partial charge in [-0.2, -0.15) is 0 Å². The second kappa shape index (κ2) is 9.42. The summed E-state index contributed by atoms with van der Waals surface area (Å²) < 4.78 is 0. The highest BCUT2D eigenvalue weighted by atomic mass is 32.1. The SMILES string of the molecule is O=C(Nc1ccncn1)Nc1sc(-c2ccccc2)nc1C(=O)NC1CCCNC1. The fourth-order valence-electron chi connectivity index (χ4n) is 3.11. The zero-order chi connectivity index (χ0) is 20.8. The van der Waals surface area contributed by atoms with Crippen molar-refractivity contribution in [3.8, 4) is 10.6 Å². The standard InChI is InChI=1S/C20H21N7O2S/c28-17(24-14-7-4-9-21-11-14)16-19(27-20(29)25-15-8-10-22-12-23-15)30-18(26-16)13-5-2-1-3-6-13/h1-3,5-6,8,10,12,14,21H,4,7,9,11H2,(H,24,28)(H2,22,23,25,27,29). The van der Waals surface area contributed by atoms with Crippen LogP contribution < -0.4 is 21.3 Å². The molecular formula is C20H21N7O2S. The van der Waals surface area contributed by atoms with Gasteiger partial charge in [-0.05, 0) is 25.5 Å². The van der Waals surface area contributed by atoms with Crippen LogP contribution in [0.2, 0.25) is 0 Å². The van der Waals surface area contributed by atoms with Gasteiger partial charge in [0, 0.05) is 24.3 Å². The van der Waals surface area contributed by atoms with Crippen LogP contribution in [0.5, 0.6) is 0 Å². The van der Waals surface area contributed by atoms with E-state index in [2.05, 4.69) is 36.2 Å². The summed E-state index contributed by atoms with van der Waals surface area (Å²) in [4.78, 5) is 37.7. The van der Waals surface area contributed by atoms with Crippen molar-refractivity contribution >= 4 is 34.1 Å². The van der Waals surface area contributed by atoms with Gasteiger partial charge in [-0.25, -0.2) is 19.7 Å². The van der Waals surface area contributed by atoms with Gasteiger partial charge in [0.05, 0.1) is 0 Å². The van der Waals surface area contributed by atoms with Crippen LogP contribution in [0.25, 0.3) is 10.6 Å². The number of nitrogens with one attached hydrogen (secondary N) is 4. The highest BCUT2D eigenvalue weighted by Crippen LogP contribution is 2.32. The highest BCUT2D eigenvalue weighted by molar-refractivity contribution is 7.19. The van der Waals surface area contributed by atoms with Crippen LogP contribution in [-0.4, -0.2) is 46.0 Å². The first-order valence-electron chi connectivity index (χ1n) is 9.61. The number of thiazole rings is 1. The third-order valence-electron chi connectivity index (χ3n) is 4.55. The first-order chi connectivity index (χ1) is 14.7. The van der Waals surface area contributed by atoms with Crippen molar-refractivity contribution in [3.63, 3.8) is 0 Å². The molecule has 1 atom stereocenters. The maximum Gasteiger partial charge on any atom is 0.325 e. The molecule has 30 heavy (non-hydrogen) atoms. The van der Waals surface area contributed by atoms with Gasteiger partial charge < -0.3 is 10.6 Å². The van der Waals surface area contributed by atoms with E-state index < -0.39 is 6.03 Å². The average molecular weight is 424 g/mol. The number of nitrogens with zero attached hydrogens (tertiary/aromatic N) is 3. The number of amides is 3. The molecule has 1 aliphatic heterocycles. The third-order valence-corrected chi connectivity index (χ3v) is 5.57. The summed E-state index contributed by atoms with van der Waals surface area (Å²) in [6.45, 7) is 1.68. The van der Waals surface area contributed by atoms with Crippen LogP contribution in [0.15, 0.2) is 48.9 Å². The van der Waals surface area contributed by atoms with Gasteiger partial charge >= 0.3 is 6.03 Å². The molecule has 0 aliphatic carbocycles. The fraction of sp³-hybridized carbons (Fsp3) is 0.250. The number of hydrogen-bond acceptors (Lipinski definition) is 7. The predicted octanol–water partition coefficient (Wildman–Crippen LogP) is 2.73. The molecule has 154 valence electrons. The molecule has 0 radical (unpaired) electrons. The Labute approximate surface area is 177 Å². The van der Waals surface area contributed by atoms with E-state index in [0.29, 0.717) is 15.8 Å². The van der Waals surface area contributed by atoms with Gasteiger partial charge in [0.25, 0.3) is 5.91 Å². The van der Waals surface area contributed by atoms with Gasteiger partial charge in [0.2, 0.25) is 0 Å². The lowest BCUT2D eigenvalue weighted by Crippen LogP contribution is -2.45. The molecule has 2 aromatic heterocycles. The van der Waals surface area contributed by atoms with E-state index in [0.717, 1.165) is 31.5 Å². The Kier molecular flexibility index (Phi) is 6.26.